The van der Waals surface area contributed by atoms with E-state index >= 15 is 0 Å². The molecule has 0 spiro atoms. The topological polar surface area (TPSA) is 40.6 Å². The zero-order valence-electron chi connectivity index (χ0n) is 35.8. The number of carbonyl (C=O) groups is 2. The second-order valence-corrected chi connectivity index (χ2v) is 14.6. The van der Waals surface area contributed by atoms with Crippen molar-refractivity contribution < 1.29 is 48.9 Å². The van der Waals surface area contributed by atoms with Gasteiger partial charge in [-0.1, -0.05) is 93.9 Å². The molecular weight excluding hydrogens is 760 g/mol. The fourth-order valence-electron chi connectivity index (χ4n) is 5.78. The first-order chi connectivity index (χ1) is 26.8. The second-order valence-electron chi connectivity index (χ2n) is 14.6. The van der Waals surface area contributed by atoms with Gasteiger partial charge in [0.15, 0.2) is 0 Å². The van der Waals surface area contributed by atoms with Crippen molar-refractivity contribution in [3.8, 4) is 0 Å². The van der Waals surface area contributed by atoms with Crippen LogP contribution in [0, 0.1) is 58.4 Å². The van der Waals surface area contributed by atoms with Crippen LogP contribution in [0.4, 0.5) is 28.9 Å². The normalized spacial score (nSPS) is 12.4. The number of halogens is 4. The monoisotopic (exact) mass is 826 g/mol. The first-order valence-corrected chi connectivity index (χ1v) is 20.6. The quantitative estimate of drug-likeness (QED) is 0.0650. The van der Waals surface area contributed by atoms with Crippen molar-refractivity contribution in [3.05, 3.63) is 108 Å². The van der Waals surface area contributed by atoms with E-state index in [2.05, 4.69) is 38.2 Å². The van der Waals surface area contributed by atoms with E-state index in [4.69, 9.17) is 0 Å². The summed E-state index contributed by atoms with van der Waals surface area (Å²) in [5.41, 5.74) is -0.820. The molecule has 0 aliphatic heterocycles. The van der Waals surface area contributed by atoms with Crippen molar-refractivity contribution in [2.75, 3.05) is 22.9 Å². The van der Waals surface area contributed by atoms with E-state index in [9.17, 15) is 27.2 Å². The minimum atomic E-state index is -0.802. The van der Waals surface area contributed by atoms with E-state index in [1.165, 1.54) is 21.9 Å². The maximum absolute atomic E-state index is 14.1. The van der Waals surface area contributed by atoms with E-state index in [0.717, 1.165) is 76.3 Å². The molecular formula is C48H66F4N2O2Ti. The zero-order chi connectivity index (χ0) is 42.0. The minimum Gasteiger partial charge on any atom is -0.363 e. The zero-order valence-corrected chi connectivity index (χ0v) is 37.4. The summed E-state index contributed by atoms with van der Waals surface area (Å²) >= 11 is 0. The molecule has 0 heterocycles. The molecule has 0 N–H and O–H groups in total. The van der Waals surface area contributed by atoms with Crippen LogP contribution in [0.25, 0.3) is 0 Å². The number of benzene rings is 2. The molecule has 2 aromatic rings. The average molecular weight is 827 g/mol. The molecule has 2 aliphatic rings. The van der Waals surface area contributed by atoms with Gasteiger partial charge in [-0.05, 0) is 49.9 Å². The van der Waals surface area contributed by atoms with Crippen LogP contribution in [0.5, 0.6) is 0 Å². The van der Waals surface area contributed by atoms with Gasteiger partial charge in [-0.15, -0.1) is 49.2 Å². The molecule has 0 bridgehead atoms. The van der Waals surface area contributed by atoms with Crippen LogP contribution in [-0.4, -0.2) is 24.9 Å². The van der Waals surface area contributed by atoms with Gasteiger partial charge in [-0.25, -0.2) is 41.9 Å². The maximum Gasteiger partial charge on any atom is 4.00 e. The molecule has 4 nitrogen and oxygen atoms in total. The Morgan fingerprint density at radius 3 is 1.16 bits per heavy atom. The molecule has 2 aliphatic carbocycles. The Hall–Kier alpha value is -3.23. The minimum absolute atomic E-state index is 0. The van der Waals surface area contributed by atoms with E-state index in [-0.39, 0.29) is 44.9 Å². The summed E-state index contributed by atoms with van der Waals surface area (Å²) in [5.74, 6) is -3.31. The third kappa shape index (κ3) is 18.9. The molecule has 2 amide bonds. The van der Waals surface area contributed by atoms with Gasteiger partial charge >= 0.3 is 21.7 Å². The molecule has 0 unspecified atom stereocenters. The van der Waals surface area contributed by atoms with Crippen LogP contribution >= 0.6 is 0 Å². The van der Waals surface area contributed by atoms with Crippen LogP contribution in [0.3, 0.4) is 0 Å². The standard InChI is InChI=1S/2C19H28F2NO.2C5H5.Ti/c2*1-5-8-9-10-13-22(18(23)19(4,6-2)7-3)17-12-11-15(20)14-16(17)21;2*1-2-4-5-3-1;/h2*11-12H,5-10,13H2,1-4H3;2*1-3H,4H2;/q4*-1;+4. The molecule has 4 rings (SSSR count). The van der Waals surface area contributed by atoms with Crippen molar-refractivity contribution in [2.45, 2.75) is 145 Å². The van der Waals surface area contributed by atoms with E-state index in [0.29, 0.717) is 38.8 Å². The molecule has 2 aromatic carbocycles. The first kappa shape index (κ1) is 53.8. The van der Waals surface area contributed by atoms with Gasteiger partial charge in [-0.2, -0.15) is 12.2 Å². The molecule has 9 heteroatoms. The van der Waals surface area contributed by atoms with Crippen LogP contribution in [0.1, 0.15) is 145 Å². The largest absolute Gasteiger partial charge is 4.00 e. The van der Waals surface area contributed by atoms with Crippen molar-refractivity contribution in [3.63, 3.8) is 0 Å². The Bertz CT molecular complexity index is 1430. The van der Waals surface area contributed by atoms with Gasteiger partial charge in [0.2, 0.25) is 11.8 Å². The van der Waals surface area contributed by atoms with E-state index in [1.54, 1.807) is 0 Å². The van der Waals surface area contributed by atoms with Crippen LogP contribution in [-0.2, 0) is 31.3 Å². The smallest absolute Gasteiger partial charge is 0.363 e. The summed E-state index contributed by atoms with van der Waals surface area (Å²) < 4.78 is 54.5. The van der Waals surface area contributed by atoms with Crippen LogP contribution in [0.15, 0.2) is 60.7 Å². The summed E-state index contributed by atoms with van der Waals surface area (Å²) in [6.07, 6.45) is 30.7. The SMILES string of the molecule is CCCCCCN(C(=O)C(C)(CC)CC)c1ccc(F)[c-]c1F.CCCCCCN(C(=O)C(C)(CC)CC)c1ccc(F)[c-]c1F.[C-]1=CC=CC1.[C-]1=CC=CC1.[Ti+4]. The first-order valence-electron chi connectivity index (χ1n) is 20.6. The number of hydrogen-bond acceptors (Lipinski definition) is 2. The molecule has 0 fully saturated rings. The van der Waals surface area contributed by atoms with E-state index in [1.807, 2.05) is 78.0 Å². The molecule has 0 aromatic heterocycles. The Kier molecular flexibility index (Phi) is 28.2. The molecule has 57 heavy (non-hydrogen) atoms. The van der Waals surface area contributed by atoms with Crippen molar-refractivity contribution in [1.29, 1.82) is 0 Å². The third-order valence-corrected chi connectivity index (χ3v) is 10.6. The molecule has 0 saturated heterocycles. The van der Waals surface area contributed by atoms with Gasteiger partial charge in [0.05, 0.1) is 0 Å². The predicted octanol–water partition coefficient (Wildman–Crippen LogP) is 13.6. The van der Waals surface area contributed by atoms with Gasteiger partial charge in [0, 0.05) is 47.2 Å². The maximum atomic E-state index is 14.1. The van der Waals surface area contributed by atoms with Gasteiger partial charge in [0.1, 0.15) is 0 Å². The Morgan fingerprint density at radius 2 is 0.930 bits per heavy atom. The van der Waals surface area contributed by atoms with Crippen molar-refractivity contribution in [2.24, 2.45) is 10.8 Å². The van der Waals surface area contributed by atoms with Gasteiger partial charge in [-0.3, -0.25) is 21.7 Å². The van der Waals surface area contributed by atoms with Crippen molar-refractivity contribution in [1.82, 2.24) is 0 Å². The number of carbonyl (C=O) groups excluding carboxylic acids is 2. The van der Waals surface area contributed by atoms with Crippen LogP contribution in [0.2, 0.25) is 0 Å². The number of hydrogen-bond donors (Lipinski definition) is 0. The van der Waals surface area contributed by atoms with Gasteiger partial charge < -0.3 is 9.80 Å². The number of amides is 2. The summed E-state index contributed by atoms with van der Waals surface area (Å²) in [6, 6.07) is 9.05. The average Bonchev–Trinajstić information content (AvgIpc) is 3.99. The van der Waals surface area contributed by atoms with Crippen molar-refractivity contribution >= 4 is 23.2 Å². The fraction of sp³-hybridized carbons (Fsp3) is 0.542. The predicted molar refractivity (Wildman–Crippen MR) is 224 cm³/mol. The molecule has 0 saturated carbocycles. The number of nitrogens with zero attached hydrogens (tertiary/aromatic N) is 2. The second kappa shape index (κ2) is 29.9. The summed E-state index contributed by atoms with van der Waals surface area (Å²) in [4.78, 5) is 28.9. The molecule has 0 atom stereocenters. The van der Waals surface area contributed by atoms with E-state index < -0.39 is 34.1 Å². The third-order valence-electron chi connectivity index (χ3n) is 10.6. The molecule has 312 valence electrons. The number of allylic oxidation sites excluding steroid dienone is 8. The number of anilines is 2. The number of unbranched alkanes of at least 4 members (excludes halogenated alkanes) is 6. The Labute approximate surface area is 357 Å². The molecule has 0 radical (unpaired) electrons. The summed E-state index contributed by atoms with van der Waals surface area (Å²) in [7, 11) is 0. The fourth-order valence-corrected chi connectivity index (χ4v) is 5.78. The number of rotatable bonds is 18. The Morgan fingerprint density at radius 1 is 0.579 bits per heavy atom. The summed E-state index contributed by atoms with van der Waals surface area (Å²) in [5, 5.41) is 0. The van der Waals surface area contributed by atoms with Crippen LogP contribution < -0.4 is 9.80 Å². The van der Waals surface area contributed by atoms with Gasteiger partial charge in [0.25, 0.3) is 0 Å². The summed E-state index contributed by atoms with van der Waals surface area (Å²) in [6.45, 7) is 16.8. The Balaban J connectivity index is 0.000000865.